The lowest BCUT2D eigenvalue weighted by atomic mass is 10.3. The molecule has 0 aliphatic heterocycles. The first kappa shape index (κ1) is 15.1. The number of aryl methyl sites for hydroxylation is 1. The Bertz CT molecular complexity index is 615. The number of hydrogen-bond donors (Lipinski definition) is 1. The van der Waals surface area contributed by atoms with Crippen LogP contribution in [0, 0.1) is 6.92 Å². The lowest BCUT2D eigenvalue weighted by molar-refractivity contribution is 0.102. The third-order valence-corrected chi connectivity index (χ3v) is 3.07. The number of rotatable bonds is 5. The summed E-state index contributed by atoms with van der Waals surface area (Å²) in [5, 5.41) is 7.17. The van der Waals surface area contributed by atoms with Crippen LogP contribution in [0.25, 0.3) is 0 Å². The molecule has 2 aromatic rings. The molecule has 5 heteroatoms. The number of hydrogen-bond acceptors (Lipinski definition) is 3. The molecule has 0 saturated carbocycles. The van der Waals surface area contributed by atoms with E-state index in [1.165, 1.54) is 0 Å². The second-order valence-corrected chi connectivity index (χ2v) is 5.12. The molecule has 0 aliphatic carbocycles. The fourth-order valence-corrected chi connectivity index (χ4v) is 2.12. The molecule has 0 bridgehead atoms. The third kappa shape index (κ3) is 3.62. The van der Waals surface area contributed by atoms with Gasteiger partial charge in [0.25, 0.3) is 5.91 Å². The molecule has 21 heavy (non-hydrogen) atoms. The fourth-order valence-electron chi connectivity index (χ4n) is 2.12. The summed E-state index contributed by atoms with van der Waals surface area (Å²) in [6.07, 6.45) is 0. The highest BCUT2D eigenvalue weighted by atomic mass is 16.5. The van der Waals surface area contributed by atoms with Crippen LogP contribution in [-0.4, -0.2) is 22.3 Å². The van der Waals surface area contributed by atoms with E-state index in [9.17, 15) is 4.79 Å². The molecule has 2 rings (SSSR count). The van der Waals surface area contributed by atoms with E-state index in [0.717, 1.165) is 17.1 Å². The second-order valence-electron chi connectivity index (χ2n) is 5.12. The molecule has 112 valence electrons. The van der Waals surface area contributed by atoms with Crippen molar-refractivity contribution in [2.75, 3.05) is 11.9 Å². The van der Waals surface area contributed by atoms with Gasteiger partial charge in [-0.2, -0.15) is 5.10 Å². The molecule has 0 saturated heterocycles. The quantitative estimate of drug-likeness (QED) is 0.916. The van der Waals surface area contributed by atoms with E-state index in [2.05, 4.69) is 10.4 Å². The zero-order valence-corrected chi connectivity index (χ0v) is 12.9. The molecule has 1 aromatic heterocycles. The van der Waals surface area contributed by atoms with Crippen molar-refractivity contribution in [1.29, 1.82) is 0 Å². The largest absolute Gasteiger partial charge is 0.494 e. The van der Waals surface area contributed by atoms with E-state index in [1.807, 2.05) is 56.6 Å². The van der Waals surface area contributed by atoms with Crippen molar-refractivity contribution in [3.63, 3.8) is 0 Å². The van der Waals surface area contributed by atoms with E-state index in [-0.39, 0.29) is 11.9 Å². The van der Waals surface area contributed by atoms with Crippen LogP contribution in [0.4, 0.5) is 5.69 Å². The topological polar surface area (TPSA) is 56.1 Å². The molecule has 1 N–H and O–H groups in total. The predicted molar refractivity (Wildman–Crippen MR) is 82.9 cm³/mol. The van der Waals surface area contributed by atoms with Crippen LogP contribution in [0.3, 0.4) is 0 Å². The number of ether oxygens (including phenoxy) is 1. The highest BCUT2D eigenvalue weighted by Crippen LogP contribution is 2.17. The standard InChI is InChI=1S/C16H21N3O2/c1-5-21-14-8-6-13(7-9-14)17-16(20)15-10-12(4)19(18-15)11(2)3/h6-11H,5H2,1-4H3,(H,17,20). The predicted octanol–water partition coefficient (Wildman–Crippen LogP) is 3.42. The Balaban J connectivity index is 2.08. The van der Waals surface area contributed by atoms with Gasteiger partial charge in [0.15, 0.2) is 5.69 Å². The molecule has 1 aromatic carbocycles. The van der Waals surface area contributed by atoms with E-state index < -0.39 is 0 Å². The van der Waals surface area contributed by atoms with Crippen molar-refractivity contribution in [2.24, 2.45) is 0 Å². The number of anilines is 1. The summed E-state index contributed by atoms with van der Waals surface area (Å²) < 4.78 is 7.21. The van der Waals surface area contributed by atoms with Gasteiger partial charge in [0.05, 0.1) is 6.61 Å². The van der Waals surface area contributed by atoms with Crippen LogP contribution in [0.1, 0.15) is 43.0 Å². The molecule has 0 atom stereocenters. The molecule has 1 heterocycles. The molecule has 0 aliphatic rings. The van der Waals surface area contributed by atoms with Crippen LogP contribution in [-0.2, 0) is 0 Å². The van der Waals surface area contributed by atoms with Crippen LogP contribution in [0.15, 0.2) is 30.3 Å². The lowest BCUT2D eigenvalue weighted by Crippen LogP contribution is -2.14. The first-order valence-electron chi connectivity index (χ1n) is 7.11. The minimum absolute atomic E-state index is 0.207. The van der Waals surface area contributed by atoms with Gasteiger partial charge >= 0.3 is 0 Å². The number of amides is 1. The van der Waals surface area contributed by atoms with Crippen LogP contribution < -0.4 is 10.1 Å². The molecule has 1 amide bonds. The summed E-state index contributed by atoms with van der Waals surface area (Å²) in [5.41, 5.74) is 2.12. The van der Waals surface area contributed by atoms with E-state index >= 15 is 0 Å². The monoisotopic (exact) mass is 287 g/mol. The van der Waals surface area contributed by atoms with Crippen molar-refractivity contribution >= 4 is 11.6 Å². The second kappa shape index (κ2) is 6.43. The number of nitrogens with one attached hydrogen (secondary N) is 1. The Labute approximate surface area is 124 Å². The van der Waals surface area contributed by atoms with Crippen molar-refractivity contribution < 1.29 is 9.53 Å². The maximum atomic E-state index is 12.2. The third-order valence-electron chi connectivity index (χ3n) is 3.07. The molecule has 0 unspecified atom stereocenters. The zero-order chi connectivity index (χ0) is 15.4. The van der Waals surface area contributed by atoms with Crippen molar-refractivity contribution in [2.45, 2.75) is 33.7 Å². The van der Waals surface area contributed by atoms with Crippen LogP contribution in [0.2, 0.25) is 0 Å². The maximum absolute atomic E-state index is 12.2. The number of carbonyl (C=O) groups excluding carboxylic acids is 1. The molecular formula is C16H21N3O2. The Morgan fingerprint density at radius 2 is 2.00 bits per heavy atom. The first-order valence-corrected chi connectivity index (χ1v) is 7.11. The minimum Gasteiger partial charge on any atom is -0.494 e. The summed E-state index contributed by atoms with van der Waals surface area (Å²) in [7, 11) is 0. The number of aromatic nitrogens is 2. The molecule has 0 spiro atoms. The lowest BCUT2D eigenvalue weighted by Gasteiger charge is -2.07. The zero-order valence-electron chi connectivity index (χ0n) is 12.9. The molecule has 0 radical (unpaired) electrons. The first-order chi connectivity index (χ1) is 10.0. The van der Waals surface area contributed by atoms with Crippen LogP contribution in [0.5, 0.6) is 5.75 Å². The summed E-state index contributed by atoms with van der Waals surface area (Å²) >= 11 is 0. The van der Waals surface area contributed by atoms with Crippen molar-refractivity contribution in [3.05, 3.63) is 41.7 Å². The summed E-state index contributed by atoms with van der Waals surface area (Å²) in [6.45, 7) is 8.57. The Morgan fingerprint density at radius 1 is 1.33 bits per heavy atom. The van der Waals surface area contributed by atoms with E-state index in [0.29, 0.717) is 12.3 Å². The van der Waals surface area contributed by atoms with Gasteiger partial charge in [0.2, 0.25) is 0 Å². The number of carbonyl (C=O) groups is 1. The van der Waals surface area contributed by atoms with Gasteiger partial charge in [0, 0.05) is 17.4 Å². The van der Waals surface area contributed by atoms with Gasteiger partial charge in [-0.05, 0) is 58.0 Å². The molecule has 0 fully saturated rings. The smallest absolute Gasteiger partial charge is 0.276 e. The van der Waals surface area contributed by atoms with Gasteiger partial charge in [-0.3, -0.25) is 9.48 Å². The van der Waals surface area contributed by atoms with E-state index in [4.69, 9.17) is 4.74 Å². The number of benzene rings is 1. The number of nitrogens with zero attached hydrogens (tertiary/aromatic N) is 2. The van der Waals surface area contributed by atoms with Gasteiger partial charge in [0.1, 0.15) is 5.75 Å². The SMILES string of the molecule is CCOc1ccc(NC(=O)c2cc(C)n(C(C)C)n2)cc1. The highest BCUT2D eigenvalue weighted by Gasteiger charge is 2.13. The van der Waals surface area contributed by atoms with Gasteiger partial charge in [-0.1, -0.05) is 0 Å². The maximum Gasteiger partial charge on any atom is 0.276 e. The summed E-state index contributed by atoms with van der Waals surface area (Å²) in [4.78, 5) is 12.2. The normalized spacial score (nSPS) is 10.7. The van der Waals surface area contributed by atoms with Crippen molar-refractivity contribution in [1.82, 2.24) is 9.78 Å². The Morgan fingerprint density at radius 3 is 2.52 bits per heavy atom. The average Bonchev–Trinajstić information content (AvgIpc) is 2.84. The minimum atomic E-state index is -0.207. The van der Waals surface area contributed by atoms with Gasteiger partial charge < -0.3 is 10.1 Å². The van der Waals surface area contributed by atoms with Gasteiger partial charge in [-0.25, -0.2) is 0 Å². The molecule has 5 nitrogen and oxygen atoms in total. The summed E-state index contributed by atoms with van der Waals surface area (Å²) in [6, 6.07) is 9.32. The average molecular weight is 287 g/mol. The van der Waals surface area contributed by atoms with Gasteiger partial charge in [-0.15, -0.1) is 0 Å². The fraction of sp³-hybridized carbons (Fsp3) is 0.375. The van der Waals surface area contributed by atoms with Crippen molar-refractivity contribution in [3.8, 4) is 5.75 Å². The summed E-state index contributed by atoms with van der Waals surface area (Å²) in [5.74, 6) is 0.581. The van der Waals surface area contributed by atoms with E-state index in [1.54, 1.807) is 6.07 Å². The Kier molecular flexibility index (Phi) is 4.62. The molecular weight excluding hydrogens is 266 g/mol. The van der Waals surface area contributed by atoms with Crippen LogP contribution >= 0.6 is 0 Å². The Hall–Kier alpha value is -2.30. The highest BCUT2D eigenvalue weighted by molar-refractivity contribution is 6.02.